The van der Waals surface area contributed by atoms with E-state index in [4.69, 9.17) is 0 Å². The first-order chi connectivity index (χ1) is 10.4. The average molecular weight is 315 g/mol. The molecule has 3 aromatic rings. The predicted octanol–water partition coefficient (Wildman–Crippen LogP) is 2.99. The van der Waals surface area contributed by atoms with Gasteiger partial charge in [-0.15, -0.1) is 0 Å². The van der Waals surface area contributed by atoms with Gasteiger partial charge in [0.05, 0.1) is 17.0 Å². The number of aliphatic hydroxyl groups is 1. The van der Waals surface area contributed by atoms with Crippen LogP contribution in [-0.2, 0) is 16.6 Å². The molecular formula is C17H17NO3S. The largest absolute Gasteiger partial charge is 0.392 e. The van der Waals surface area contributed by atoms with Gasteiger partial charge in [0, 0.05) is 11.6 Å². The zero-order chi connectivity index (χ0) is 15.9. The second-order valence-corrected chi connectivity index (χ2v) is 7.25. The highest BCUT2D eigenvalue weighted by atomic mass is 32.2. The molecule has 114 valence electrons. The van der Waals surface area contributed by atoms with Gasteiger partial charge < -0.3 is 5.11 Å². The van der Waals surface area contributed by atoms with E-state index in [9.17, 15) is 13.5 Å². The van der Waals surface area contributed by atoms with Crippen molar-refractivity contribution < 1.29 is 13.5 Å². The van der Waals surface area contributed by atoms with E-state index >= 15 is 0 Å². The first-order valence-corrected chi connectivity index (χ1v) is 8.41. The lowest BCUT2D eigenvalue weighted by atomic mass is 10.1. The molecule has 0 radical (unpaired) electrons. The van der Waals surface area contributed by atoms with E-state index in [2.05, 4.69) is 0 Å². The summed E-state index contributed by atoms with van der Waals surface area (Å²) in [6.45, 7) is 3.67. The number of aryl methyl sites for hydroxylation is 2. The zero-order valence-corrected chi connectivity index (χ0v) is 13.3. The molecule has 4 nitrogen and oxygen atoms in total. The number of hydrogen-bond acceptors (Lipinski definition) is 3. The van der Waals surface area contributed by atoms with Crippen LogP contribution in [-0.4, -0.2) is 17.5 Å². The first kappa shape index (κ1) is 14.8. The lowest BCUT2D eigenvalue weighted by Crippen LogP contribution is -2.11. The standard InChI is InChI=1S/C17H17NO3S/c1-12-3-6-15(7-4-12)22(20,21)18-10-13(2)16-8-5-14(11-19)9-17(16)18/h3-10,19H,11H2,1-2H3. The molecule has 0 aliphatic carbocycles. The summed E-state index contributed by atoms with van der Waals surface area (Å²) in [6.07, 6.45) is 1.63. The maximum Gasteiger partial charge on any atom is 0.268 e. The molecule has 0 atom stereocenters. The second-order valence-electron chi connectivity index (χ2n) is 5.44. The van der Waals surface area contributed by atoms with Crippen LogP contribution >= 0.6 is 0 Å². The van der Waals surface area contributed by atoms with Crippen LogP contribution in [0.5, 0.6) is 0 Å². The number of fused-ring (bicyclic) bond motifs is 1. The number of nitrogens with zero attached hydrogens (tertiary/aromatic N) is 1. The molecule has 0 aliphatic rings. The fourth-order valence-electron chi connectivity index (χ4n) is 2.53. The lowest BCUT2D eigenvalue weighted by molar-refractivity contribution is 0.282. The molecule has 0 saturated carbocycles. The van der Waals surface area contributed by atoms with Crippen molar-refractivity contribution in [2.45, 2.75) is 25.3 Å². The van der Waals surface area contributed by atoms with Gasteiger partial charge in [-0.25, -0.2) is 12.4 Å². The van der Waals surface area contributed by atoms with Crippen molar-refractivity contribution in [2.24, 2.45) is 0 Å². The predicted molar refractivity (Wildman–Crippen MR) is 86.4 cm³/mol. The number of hydrogen-bond donors (Lipinski definition) is 1. The second kappa shape index (κ2) is 5.26. The summed E-state index contributed by atoms with van der Waals surface area (Å²) < 4.78 is 27.0. The highest BCUT2D eigenvalue weighted by Gasteiger charge is 2.20. The Morgan fingerprint density at radius 2 is 1.73 bits per heavy atom. The van der Waals surface area contributed by atoms with Crippen molar-refractivity contribution in [3.8, 4) is 0 Å². The van der Waals surface area contributed by atoms with Crippen molar-refractivity contribution in [3.63, 3.8) is 0 Å². The van der Waals surface area contributed by atoms with Crippen LogP contribution in [0, 0.1) is 13.8 Å². The molecule has 0 aliphatic heterocycles. The summed E-state index contributed by atoms with van der Waals surface area (Å²) in [5.74, 6) is 0. The molecule has 0 amide bonds. The monoisotopic (exact) mass is 315 g/mol. The molecule has 2 aromatic carbocycles. The molecular weight excluding hydrogens is 298 g/mol. The summed E-state index contributed by atoms with van der Waals surface area (Å²) in [4.78, 5) is 0.254. The summed E-state index contributed by atoms with van der Waals surface area (Å²) >= 11 is 0. The van der Waals surface area contributed by atoms with Gasteiger partial charge in [-0.1, -0.05) is 29.8 Å². The van der Waals surface area contributed by atoms with Gasteiger partial charge in [-0.2, -0.15) is 0 Å². The number of benzene rings is 2. The Labute approximate surface area is 129 Å². The van der Waals surface area contributed by atoms with Crippen LogP contribution in [0.3, 0.4) is 0 Å². The van der Waals surface area contributed by atoms with Crippen molar-refractivity contribution in [3.05, 3.63) is 65.4 Å². The summed E-state index contributed by atoms with van der Waals surface area (Å²) in [7, 11) is -3.65. The Hall–Kier alpha value is -2.11. The third kappa shape index (κ3) is 2.32. The SMILES string of the molecule is Cc1ccc(S(=O)(=O)n2cc(C)c3ccc(CO)cc32)cc1. The van der Waals surface area contributed by atoms with E-state index < -0.39 is 10.0 Å². The van der Waals surface area contributed by atoms with Gasteiger partial charge in [0.15, 0.2) is 0 Å². The molecule has 0 saturated heterocycles. The topological polar surface area (TPSA) is 59.3 Å². The van der Waals surface area contributed by atoms with Crippen LogP contribution in [0.2, 0.25) is 0 Å². The Balaban J connectivity index is 2.26. The first-order valence-electron chi connectivity index (χ1n) is 6.97. The fourth-order valence-corrected chi connectivity index (χ4v) is 3.94. The molecule has 0 bridgehead atoms. The van der Waals surface area contributed by atoms with Crippen LogP contribution in [0.4, 0.5) is 0 Å². The molecule has 22 heavy (non-hydrogen) atoms. The fraction of sp³-hybridized carbons (Fsp3) is 0.176. The summed E-state index contributed by atoms with van der Waals surface area (Å²) in [5.41, 5.74) is 3.17. The molecule has 1 N–H and O–H groups in total. The highest BCUT2D eigenvalue weighted by molar-refractivity contribution is 7.90. The van der Waals surface area contributed by atoms with Gasteiger partial charge in [0.1, 0.15) is 0 Å². The average Bonchev–Trinajstić information content (AvgIpc) is 2.85. The number of aliphatic hydroxyl groups excluding tert-OH is 1. The van der Waals surface area contributed by atoms with Crippen LogP contribution < -0.4 is 0 Å². The number of rotatable bonds is 3. The maximum atomic E-state index is 12.9. The molecule has 1 heterocycles. The summed E-state index contributed by atoms with van der Waals surface area (Å²) in [6, 6.07) is 12.2. The van der Waals surface area contributed by atoms with Crippen LogP contribution in [0.15, 0.2) is 53.6 Å². The van der Waals surface area contributed by atoms with E-state index in [1.165, 1.54) is 3.97 Å². The van der Waals surface area contributed by atoms with E-state index in [1.54, 1.807) is 42.6 Å². The van der Waals surface area contributed by atoms with E-state index in [-0.39, 0.29) is 11.5 Å². The van der Waals surface area contributed by atoms with Gasteiger partial charge in [-0.3, -0.25) is 0 Å². The molecule has 3 rings (SSSR count). The van der Waals surface area contributed by atoms with Crippen LogP contribution in [0.1, 0.15) is 16.7 Å². The zero-order valence-electron chi connectivity index (χ0n) is 12.4. The van der Waals surface area contributed by atoms with E-state index in [1.807, 2.05) is 19.9 Å². The van der Waals surface area contributed by atoms with E-state index in [0.29, 0.717) is 11.1 Å². The van der Waals surface area contributed by atoms with Crippen molar-refractivity contribution in [1.82, 2.24) is 3.97 Å². The Morgan fingerprint density at radius 1 is 1.05 bits per heavy atom. The Bertz CT molecular complexity index is 938. The quantitative estimate of drug-likeness (QED) is 0.808. The summed E-state index contributed by atoms with van der Waals surface area (Å²) in [5, 5.41) is 10.2. The smallest absolute Gasteiger partial charge is 0.268 e. The normalized spacial score (nSPS) is 12.0. The lowest BCUT2D eigenvalue weighted by Gasteiger charge is -2.08. The molecule has 0 fully saturated rings. The third-order valence-electron chi connectivity index (χ3n) is 3.80. The van der Waals surface area contributed by atoms with Crippen molar-refractivity contribution >= 4 is 20.9 Å². The Morgan fingerprint density at radius 3 is 2.36 bits per heavy atom. The van der Waals surface area contributed by atoms with Gasteiger partial charge >= 0.3 is 0 Å². The Kier molecular flexibility index (Phi) is 3.54. The van der Waals surface area contributed by atoms with E-state index in [0.717, 1.165) is 16.5 Å². The van der Waals surface area contributed by atoms with Crippen molar-refractivity contribution in [2.75, 3.05) is 0 Å². The minimum Gasteiger partial charge on any atom is -0.392 e. The van der Waals surface area contributed by atoms with Gasteiger partial charge in [0.2, 0.25) is 0 Å². The highest BCUT2D eigenvalue weighted by Crippen LogP contribution is 2.26. The molecule has 1 aromatic heterocycles. The minimum atomic E-state index is -3.65. The molecule has 0 unspecified atom stereocenters. The minimum absolute atomic E-state index is 0.120. The number of aromatic nitrogens is 1. The molecule has 0 spiro atoms. The molecule has 5 heteroatoms. The third-order valence-corrected chi connectivity index (χ3v) is 5.48. The van der Waals surface area contributed by atoms with Gasteiger partial charge in [-0.05, 0) is 43.2 Å². The van der Waals surface area contributed by atoms with Crippen molar-refractivity contribution in [1.29, 1.82) is 0 Å². The van der Waals surface area contributed by atoms with Crippen LogP contribution in [0.25, 0.3) is 10.9 Å². The van der Waals surface area contributed by atoms with Gasteiger partial charge in [0.25, 0.3) is 10.0 Å². The maximum absolute atomic E-state index is 12.9.